The molecule has 0 saturated carbocycles. The molecule has 0 spiro atoms. The third kappa shape index (κ3) is 7.38. The van der Waals surface area contributed by atoms with Crippen molar-refractivity contribution in [3.05, 3.63) is 77.4 Å². The quantitative estimate of drug-likeness (QED) is 0.416. The summed E-state index contributed by atoms with van der Waals surface area (Å²) in [5, 5.41) is 2.80. The maximum Gasteiger partial charge on any atom is 0.261 e. The summed E-state index contributed by atoms with van der Waals surface area (Å²) in [6.45, 7) is 4.06. The van der Waals surface area contributed by atoms with Crippen molar-refractivity contribution in [2.24, 2.45) is 0 Å². The maximum absolute atomic E-state index is 12.7. The molecule has 8 nitrogen and oxygen atoms in total. The lowest BCUT2D eigenvalue weighted by atomic mass is 10.1. The van der Waals surface area contributed by atoms with Crippen LogP contribution in [0.15, 0.2) is 65.6 Å². The van der Waals surface area contributed by atoms with E-state index in [1.54, 1.807) is 26.4 Å². The summed E-state index contributed by atoms with van der Waals surface area (Å²) in [5.41, 5.74) is 3.43. The summed E-state index contributed by atoms with van der Waals surface area (Å²) in [5.74, 6) is 1.40. The summed E-state index contributed by atoms with van der Waals surface area (Å²) >= 11 is 0. The fourth-order valence-electron chi connectivity index (χ4n) is 3.55. The highest BCUT2D eigenvalue weighted by Gasteiger charge is 2.15. The van der Waals surface area contributed by atoms with Gasteiger partial charge in [0, 0.05) is 12.2 Å². The molecule has 0 unspecified atom stereocenters. The minimum atomic E-state index is -3.74. The van der Waals surface area contributed by atoms with Gasteiger partial charge in [-0.2, -0.15) is 0 Å². The molecule has 0 bridgehead atoms. The van der Waals surface area contributed by atoms with E-state index < -0.39 is 10.0 Å². The number of ether oxygens (including phenoxy) is 3. The smallest absolute Gasteiger partial charge is 0.261 e. The fourth-order valence-corrected chi connectivity index (χ4v) is 4.59. The number of rotatable bonds is 11. The highest BCUT2D eigenvalue weighted by Crippen LogP contribution is 2.27. The molecule has 0 saturated heterocycles. The van der Waals surface area contributed by atoms with Gasteiger partial charge in [-0.25, -0.2) is 8.42 Å². The zero-order chi connectivity index (χ0) is 25.4. The molecule has 3 aromatic carbocycles. The zero-order valence-electron chi connectivity index (χ0n) is 20.3. The molecule has 0 atom stereocenters. The molecule has 186 valence electrons. The van der Waals surface area contributed by atoms with Gasteiger partial charge in [-0.15, -0.1) is 0 Å². The van der Waals surface area contributed by atoms with Crippen LogP contribution in [-0.4, -0.2) is 41.7 Å². The number of hydrogen-bond acceptors (Lipinski definition) is 6. The number of methoxy groups -OCH3 is 2. The van der Waals surface area contributed by atoms with E-state index in [9.17, 15) is 13.2 Å². The summed E-state index contributed by atoms with van der Waals surface area (Å²) < 4.78 is 44.0. The van der Waals surface area contributed by atoms with Crippen LogP contribution < -0.4 is 24.2 Å². The highest BCUT2D eigenvalue weighted by molar-refractivity contribution is 7.92. The lowest BCUT2D eigenvalue weighted by Crippen LogP contribution is -2.30. The zero-order valence-corrected chi connectivity index (χ0v) is 21.1. The first-order valence-corrected chi connectivity index (χ1v) is 12.5. The molecular weight excluding hydrogens is 468 g/mol. The summed E-state index contributed by atoms with van der Waals surface area (Å²) in [4.78, 5) is 12.2. The summed E-state index contributed by atoms with van der Waals surface area (Å²) in [6, 6.07) is 17.0. The SMILES string of the molecule is COc1ccc(CCNC(=O)COc2ccc(S(=O)(=O)Nc3cc(C)cc(C)c3)cc2)cc1OC. The van der Waals surface area contributed by atoms with Crippen LogP contribution in [0.2, 0.25) is 0 Å². The predicted molar refractivity (Wildman–Crippen MR) is 135 cm³/mol. The largest absolute Gasteiger partial charge is 0.493 e. The Kier molecular flexibility index (Phi) is 8.59. The molecule has 3 aromatic rings. The molecule has 9 heteroatoms. The van der Waals surface area contributed by atoms with Crippen molar-refractivity contribution in [2.45, 2.75) is 25.2 Å². The molecule has 3 rings (SSSR count). The van der Waals surface area contributed by atoms with Crippen molar-refractivity contribution in [3.8, 4) is 17.2 Å². The van der Waals surface area contributed by atoms with Crippen LogP contribution in [0.4, 0.5) is 5.69 Å². The highest BCUT2D eigenvalue weighted by atomic mass is 32.2. The third-order valence-electron chi connectivity index (χ3n) is 5.16. The molecule has 35 heavy (non-hydrogen) atoms. The molecule has 0 aliphatic rings. The first-order valence-electron chi connectivity index (χ1n) is 11.0. The third-order valence-corrected chi connectivity index (χ3v) is 6.56. The van der Waals surface area contributed by atoms with Gasteiger partial charge in [0.05, 0.1) is 19.1 Å². The number of benzene rings is 3. The van der Waals surface area contributed by atoms with E-state index in [1.165, 1.54) is 24.3 Å². The molecule has 0 fully saturated rings. The Labute approximate surface area is 206 Å². The monoisotopic (exact) mass is 498 g/mol. The molecule has 0 aliphatic heterocycles. The van der Waals surface area contributed by atoms with E-state index in [4.69, 9.17) is 14.2 Å². The van der Waals surface area contributed by atoms with Gasteiger partial charge >= 0.3 is 0 Å². The average molecular weight is 499 g/mol. The first-order chi connectivity index (χ1) is 16.7. The number of carbonyl (C=O) groups excluding carboxylic acids is 1. The van der Waals surface area contributed by atoms with E-state index in [0.717, 1.165) is 16.7 Å². The van der Waals surface area contributed by atoms with Crippen molar-refractivity contribution in [1.82, 2.24) is 5.32 Å². The van der Waals surface area contributed by atoms with Gasteiger partial charge in [0.15, 0.2) is 18.1 Å². The van der Waals surface area contributed by atoms with E-state index in [-0.39, 0.29) is 17.4 Å². The van der Waals surface area contributed by atoms with Crippen molar-refractivity contribution < 1.29 is 27.4 Å². The van der Waals surface area contributed by atoms with Crippen molar-refractivity contribution in [1.29, 1.82) is 0 Å². The fraction of sp³-hybridized carbons (Fsp3) is 0.269. The van der Waals surface area contributed by atoms with Crippen molar-refractivity contribution in [2.75, 3.05) is 32.1 Å². The Morgan fingerprint density at radius 2 is 1.51 bits per heavy atom. The van der Waals surface area contributed by atoms with E-state index >= 15 is 0 Å². The number of hydrogen-bond donors (Lipinski definition) is 2. The van der Waals surface area contributed by atoms with Gasteiger partial charge in [-0.05, 0) is 85.5 Å². The lowest BCUT2D eigenvalue weighted by Gasteiger charge is -2.11. The van der Waals surface area contributed by atoms with Gasteiger partial charge < -0.3 is 19.5 Å². The normalized spacial score (nSPS) is 11.0. The number of nitrogens with one attached hydrogen (secondary N) is 2. The second-order valence-corrected chi connectivity index (χ2v) is 9.71. The molecular formula is C26H30N2O6S. The Morgan fingerprint density at radius 1 is 0.857 bits per heavy atom. The number of sulfonamides is 1. The predicted octanol–water partition coefficient (Wildman–Crippen LogP) is 3.86. The maximum atomic E-state index is 12.7. The number of aryl methyl sites for hydroxylation is 2. The van der Waals surface area contributed by atoms with Crippen LogP contribution in [0.5, 0.6) is 17.2 Å². The molecule has 1 amide bonds. The van der Waals surface area contributed by atoms with Gasteiger partial charge in [-0.1, -0.05) is 12.1 Å². The van der Waals surface area contributed by atoms with E-state index in [1.807, 2.05) is 38.1 Å². The van der Waals surface area contributed by atoms with Crippen LogP contribution in [0.3, 0.4) is 0 Å². The van der Waals surface area contributed by atoms with Crippen LogP contribution >= 0.6 is 0 Å². The van der Waals surface area contributed by atoms with Crippen molar-refractivity contribution in [3.63, 3.8) is 0 Å². The molecule has 2 N–H and O–H groups in total. The molecule has 0 radical (unpaired) electrons. The second kappa shape index (κ2) is 11.6. The Morgan fingerprint density at radius 3 is 2.14 bits per heavy atom. The van der Waals surface area contributed by atoms with Crippen molar-refractivity contribution >= 4 is 21.6 Å². The minimum absolute atomic E-state index is 0.100. The Balaban J connectivity index is 1.48. The number of amides is 1. The standard InChI is InChI=1S/C26H30N2O6S/c1-18-13-19(2)15-21(14-18)28-35(30,31)23-8-6-22(7-9-23)34-17-26(29)27-12-11-20-5-10-24(32-3)25(16-20)33-4/h5-10,13-16,28H,11-12,17H2,1-4H3,(H,27,29). The van der Waals surface area contributed by atoms with Gasteiger partial charge in [-0.3, -0.25) is 9.52 Å². The summed E-state index contributed by atoms with van der Waals surface area (Å²) in [6.07, 6.45) is 0.617. The van der Waals surface area contributed by atoms with E-state index in [0.29, 0.717) is 35.9 Å². The second-order valence-electron chi connectivity index (χ2n) is 8.03. The molecule has 0 aromatic heterocycles. The van der Waals surface area contributed by atoms with Gasteiger partial charge in [0.25, 0.3) is 15.9 Å². The Bertz CT molecular complexity index is 1250. The van der Waals surface area contributed by atoms with Crippen LogP contribution in [0.25, 0.3) is 0 Å². The lowest BCUT2D eigenvalue weighted by molar-refractivity contribution is -0.123. The topological polar surface area (TPSA) is 103 Å². The van der Waals surface area contributed by atoms with Crippen LogP contribution in [0.1, 0.15) is 16.7 Å². The first kappa shape index (κ1) is 25.9. The molecule has 0 heterocycles. The Hall–Kier alpha value is -3.72. The number of carbonyl (C=O) groups is 1. The van der Waals surface area contributed by atoms with Crippen LogP contribution in [0, 0.1) is 13.8 Å². The van der Waals surface area contributed by atoms with Gasteiger partial charge in [0.2, 0.25) is 0 Å². The number of anilines is 1. The summed E-state index contributed by atoms with van der Waals surface area (Å²) in [7, 11) is -0.594. The van der Waals surface area contributed by atoms with Gasteiger partial charge in [0.1, 0.15) is 5.75 Å². The molecule has 0 aliphatic carbocycles. The minimum Gasteiger partial charge on any atom is -0.493 e. The van der Waals surface area contributed by atoms with E-state index in [2.05, 4.69) is 10.0 Å². The van der Waals surface area contributed by atoms with Crippen LogP contribution in [-0.2, 0) is 21.2 Å². The average Bonchev–Trinajstić information content (AvgIpc) is 2.82.